The zero-order valence-corrected chi connectivity index (χ0v) is 7.84. The first-order valence-corrected chi connectivity index (χ1v) is 4.15. The molecule has 0 fully saturated rings. The van der Waals surface area contributed by atoms with E-state index < -0.39 is 6.29 Å². The molecule has 0 aliphatic heterocycles. The van der Waals surface area contributed by atoms with E-state index in [1.54, 1.807) is 6.08 Å². The molecular formula is C11H11NO2. The topological polar surface area (TPSA) is 53.2 Å². The summed E-state index contributed by atoms with van der Waals surface area (Å²) >= 11 is 0. The fraction of sp³-hybridized carbons (Fsp3) is 0.182. The summed E-state index contributed by atoms with van der Waals surface area (Å²) < 4.78 is 4.64. The van der Waals surface area contributed by atoms with Crippen LogP contribution in [-0.2, 0) is 4.74 Å². The smallest absolute Gasteiger partial charge is 0.190 e. The summed E-state index contributed by atoms with van der Waals surface area (Å²) in [6, 6.07) is 11.2. The molecule has 0 spiro atoms. The van der Waals surface area contributed by atoms with E-state index >= 15 is 0 Å². The van der Waals surface area contributed by atoms with Gasteiger partial charge in [-0.25, -0.2) is 0 Å². The Hall–Kier alpha value is -1.63. The van der Waals surface area contributed by atoms with Crippen LogP contribution in [0.15, 0.2) is 35.9 Å². The molecule has 0 aliphatic rings. The van der Waals surface area contributed by atoms with Crippen LogP contribution >= 0.6 is 0 Å². The molecule has 1 unspecified atom stereocenters. The first kappa shape index (κ1) is 10.5. The van der Waals surface area contributed by atoms with Crippen molar-refractivity contribution in [2.45, 2.75) is 6.29 Å². The van der Waals surface area contributed by atoms with Crippen molar-refractivity contribution in [3.63, 3.8) is 0 Å². The lowest BCUT2D eigenvalue weighted by atomic mass is 10.1. The minimum atomic E-state index is -1.15. The average molecular weight is 189 g/mol. The molecule has 1 rings (SSSR count). The van der Waals surface area contributed by atoms with Gasteiger partial charge in [0, 0.05) is 7.11 Å². The molecular weight excluding hydrogens is 178 g/mol. The third kappa shape index (κ3) is 2.70. The van der Waals surface area contributed by atoms with Crippen molar-refractivity contribution in [1.29, 1.82) is 5.26 Å². The van der Waals surface area contributed by atoms with E-state index in [-0.39, 0.29) is 5.57 Å². The van der Waals surface area contributed by atoms with Crippen LogP contribution in [0.2, 0.25) is 0 Å². The maximum atomic E-state index is 9.27. The first-order chi connectivity index (χ1) is 6.77. The van der Waals surface area contributed by atoms with Crippen molar-refractivity contribution in [2.75, 3.05) is 7.11 Å². The lowest BCUT2D eigenvalue weighted by molar-refractivity contribution is -0.0407. The molecule has 1 aromatic rings. The number of rotatable bonds is 3. The van der Waals surface area contributed by atoms with Crippen LogP contribution in [0, 0.1) is 11.3 Å². The van der Waals surface area contributed by atoms with E-state index in [0.29, 0.717) is 0 Å². The van der Waals surface area contributed by atoms with Gasteiger partial charge in [0.2, 0.25) is 0 Å². The number of aliphatic hydroxyl groups is 1. The second-order valence-corrected chi connectivity index (χ2v) is 2.71. The normalized spacial score (nSPS) is 13.4. The average Bonchev–Trinajstić information content (AvgIpc) is 2.26. The minimum absolute atomic E-state index is 0.193. The Morgan fingerprint density at radius 2 is 2.14 bits per heavy atom. The van der Waals surface area contributed by atoms with Crippen molar-refractivity contribution in [2.24, 2.45) is 0 Å². The Morgan fingerprint density at radius 3 is 2.64 bits per heavy atom. The maximum Gasteiger partial charge on any atom is 0.190 e. The second kappa shape index (κ2) is 5.18. The highest BCUT2D eigenvalue weighted by molar-refractivity contribution is 5.57. The summed E-state index contributed by atoms with van der Waals surface area (Å²) in [6.45, 7) is 0. The van der Waals surface area contributed by atoms with Crippen LogP contribution in [0.1, 0.15) is 5.56 Å². The van der Waals surface area contributed by atoms with E-state index in [1.165, 1.54) is 7.11 Å². The molecule has 0 saturated heterocycles. The summed E-state index contributed by atoms with van der Waals surface area (Å²) in [5.74, 6) is 0. The molecule has 3 heteroatoms. The van der Waals surface area contributed by atoms with Crippen LogP contribution < -0.4 is 0 Å². The number of nitrogens with zero attached hydrogens (tertiary/aromatic N) is 1. The number of hydrogen-bond acceptors (Lipinski definition) is 3. The third-order valence-corrected chi connectivity index (χ3v) is 1.74. The predicted molar refractivity (Wildman–Crippen MR) is 53.0 cm³/mol. The summed E-state index contributed by atoms with van der Waals surface area (Å²) in [4.78, 5) is 0. The number of aliphatic hydroxyl groups excluding tert-OH is 1. The van der Waals surface area contributed by atoms with E-state index in [2.05, 4.69) is 4.74 Å². The van der Waals surface area contributed by atoms with Gasteiger partial charge in [0.1, 0.15) is 6.07 Å². The first-order valence-electron chi connectivity index (χ1n) is 4.15. The molecule has 0 amide bonds. The number of nitriles is 1. The number of benzene rings is 1. The van der Waals surface area contributed by atoms with Gasteiger partial charge < -0.3 is 9.84 Å². The molecule has 1 aromatic carbocycles. The summed E-state index contributed by atoms with van der Waals surface area (Å²) in [5, 5.41) is 18.0. The third-order valence-electron chi connectivity index (χ3n) is 1.74. The number of methoxy groups -OCH3 is 1. The van der Waals surface area contributed by atoms with E-state index in [9.17, 15) is 5.11 Å². The van der Waals surface area contributed by atoms with Gasteiger partial charge in [-0.2, -0.15) is 5.26 Å². The number of ether oxygens (including phenoxy) is 1. The number of hydrogen-bond donors (Lipinski definition) is 1. The quantitative estimate of drug-likeness (QED) is 0.580. The zero-order chi connectivity index (χ0) is 10.4. The fourth-order valence-electron chi connectivity index (χ4n) is 1.01. The summed E-state index contributed by atoms with van der Waals surface area (Å²) in [6.07, 6.45) is 0.439. The van der Waals surface area contributed by atoms with E-state index in [4.69, 9.17) is 5.26 Å². The van der Waals surface area contributed by atoms with Crippen LogP contribution in [0.3, 0.4) is 0 Å². The largest absolute Gasteiger partial charge is 0.364 e. The molecule has 0 aromatic heterocycles. The van der Waals surface area contributed by atoms with Gasteiger partial charge in [-0.3, -0.25) is 0 Å². The van der Waals surface area contributed by atoms with Crippen LogP contribution in [0.5, 0.6) is 0 Å². The Balaban J connectivity index is 2.91. The van der Waals surface area contributed by atoms with Gasteiger partial charge >= 0.3 is 0 Å². The summed E-state index contributed by atoms with van der Waals surface area (Å²) in [5.41, 5.74) is 1.05. The highest BCUT2D eigenvalue weighted by atomic mass is 16.6. The van der Waals surface area contributed by atoms with E-state index in [1.807, 2.05) is 36.4 Å². The predicted octanol–water partition coefficient (Wildman–Crippen LogP) is 1.56. The lowest BCUT2D eigenvalue weighted by Crippen LogP contribution is -2.10. The van der Waals surface area contributed by atoms with Crippen molar-refractivity contribution >= 4 is 6.08 Å². The summed E-state index contributed by atoms with van der Waals surface area (Å²) in [7, 11) is 1.35. The second-order valence-electron chi connectivity index (χ2n) is 2.71. The van der Waals surface area contributed by atoms with Gasteiger partial charge in [0.05, 0.1) is 5.57 Å². The van der Waals surface area contributed by atoms with Gasteiger partial charge in [0.25, 0.3) is 0 Å². The Morgan fingerprint density at radius 1 is 1.50 bits per heavy atom. The van der Waals surface area contributed by atoms with Crippen LogP contribution in [0.4, 0.5) is 0 Å². The fourth-order valence-corrected chi connectivity index (χ4v) is 1.01. The maximum absolute atomic E-state index is 9.27. The molecule has 1 atom stereocenters. The monoisotopic (exact) mass is 189 g/mol. The molecule has 14 heavy (non-hydrogen) atoms. The van der Waals surface area contributed by atoms with Gasteiger partial charge in [0.15, 0.2) is 6.29 Å². The molecule has 1 N–H and O–H groups in total. The molecule has 72 valence electrons. The Labute approximate surface area is 82.9 Å². The molecule has 0 aliphatic carbocycles. The van der Waals surface area contributed by atoms with Gasteiger partial charge in [-0.1, -0.05) is 30.3 Å². The minimum Gasteiger partial charge on any atom is -0.364 e. The Kier molecular flexibility index (Phi) is 3.86. The van der Waals surface area contributed by atoms with Crippen LogP contribution in [0.25, 0.3) is 6.08 Å². The lowest BCUT2D eigenvalue weighted by Gasteiger charge is -2.05. The standard InChI is InChI=1S/C11H11NO2/c1-14-11(13)10(8-12)7-9-5-3-2-4-6-9/h2-7,11,13H,1H3/b10-7+. The highest BCUT2D eigenvalue weighted by Crippen LogP contribution is 2.09. The van der Waals surface area contributed by atoms with Crippen molar-refractivity contribution < 1.29 is 9.84 Å². The molecule has 0 radical (unpaired) electrons. The molecule has 0 bridgehead atoms. The SMILES string of the molecule is COC(O)/C(C#N)=C/c1ccccc1. The van der Waals surface area contributed by atoms with Gasteiger partial charge in [-0.05, 0) is 11.6 Å². The molecule has 3 nitrogen and oxygen atoms in total. The van der Waals surface area contributed by atoms with Crippen molar-refractivity contribution in [3.05, 3.63) is 41.5 Å². The highest BCUT2D eigenvalue weighted by Gasteiger charge is 2.07. The van der Waals surface area contributed by atoms with E-state index in [0.717, 1.165) is 5.56 Å². The molecule has 0 saturated carbocycles. The Bertz CT molecular complexity index is 351. The molecule has 0 heterocycles. The zero-order valence-electron chi connectivity index (χ0n) is 7.84. The van der Waals surface area contributed by atoms with Crippen LogP contribution in [-0.4, -0.2) is 18.5 Å². The van der Waals surface area contributed by atoms with Crippen molar-refractivity contribution in [1.82, 2.24) is 0 Å². The van der Waals surface area contributed by atoms with Gasteiger partial charge in [-0.15, -0.1) is 0 Å². The van der Waals surface area contributed by atoms with Crippen molar-refractivity contribution in [3.8, 4) is 6.07 Å².